The van der Waals surface area contributed by atoms with Gasteiger partial charge in [0.25, 0.3) is 0 Å². The van der Waals surface area contributed by atoms with Gasteiger partial charge >= 0.3 is 6.18 Å². The number of nitrogens with two attached hydrogens (primary N) is 1. The van der Waals surface area contributed by atoms with E-state index in [0.717, 1.165) is 12.1 Å². The van der Waals surface area contributed by atoms with Crippen LogP contribution in [0.25, 0.3) is 0 Å². The van der Waals surface area contributed by atoms with Crippen molar-refractivity contribution < 1.29 is 22.0 Å². The van der Waals surface area contributed by atoms with Crippen LogP contribution in [0.5, 0.6) is 0 Å². The number of hydrazine groups is 1. The molecule has 8 heteroatoms. The lowest BCUT2D eigenvalue weighted by molar-refractivity contribution is -0.155. The fraction of sp³-hybridized carbons (Fsp3) is 0.333. The molecule has 0 radical (unpaired) electrons. The van der Waals surface area contributed by atoms with Crippen molar-refractivity contribution in [1.82, 2.24) is 5.43 Å². The molecule has 0 bridgehead atoms. The number of benzene rings is 1. The third kappa shape index (κ3) is 3.36. The molecule has 0 heterocycles. The monoisotopic (exact) mass is 318 g/mol. The van der Waals surface area contributed by atoms with E-state index in [1.165, 1.54) is 5.43 Å². The van der Waals surface area contributed by atoms with Crippen LogP contribution in [0.1, 0.15) is 5.56 Å². The van der Waals surface area contributed by atoms with Crippen molar-refractivity contribution in [2.45, 2.75) is 18.6 Å². The van der Waals surface area contributed by atoms with Crippen LogP contribution in [-0.4, -0.2) is 12.2 Å². The third-order valence-corrected chi connectivity index (χ3v) is 2.76. The third-order valence-electron chi connectivity index (χ3n) is 2.14. The summed E-state index contributed by atoms with van der Waals surface area (Å²) in [6.07, 6.45) is -5.60. The van der Waals surface area contributed by atoms with Crippen molar-refractivity contribution in [2.75, 3.05) is 0 Å². The minimum Gasteiger partial charge on any atom is -0.271 e. The lowest BCUT2D eigenvalue weighted by Crippen LogP contribution is -2.47. The van der Waals surface area contributed by atoms with Crippen LogP contribution in [-0.2, 0) is 6.42 Å². The Hall–Kier alpha value is -0.730. The first kappa shape index (κ1) is 14.3. The van der Waals surface area contributed by atoms with Crippen LogP contribution in [0.4, 0.5) is 22.0 Å². The summed E-state index contributed by atoms with van der Waals surface area (Å²) in [5, 5.41) is 0. The molecule has 0 aliphatic carbocycles. The van der Waals surface area contributed by atoms with Crippen molar-refractivity contribution in [3.05, 3.63) is 33.8 Å². The van der Waals surface area contributed by atoms with Gasteiger partial charge < -0.3 is 0 Å². The van der Waals surface area contributed by atoms with E-state index in [2.05, 4.69) is 15.9 Å². The molecule has 17 heavy (non-hydrogen) atoms. The quantitative estimate of drug-likeness (QED) is 0.389. The van der Waals surface area contributed by atoms with Crippen LogP contribution < -0.4 is 11.3 Å². The summed E-state index contributed by atoms with van der Waals surface area (Å²) in [5.74, 6) is 2.61. The van der Waals surface area contributed by atoms with Crippen LogP contribution in [0.15, 0.2) is 16.6 Å². The molecule has 1 unspecified atom stereocenters. The van der Waals surface area contributed by atoms with E-state index in [1.54, 1.807) is 0 Å². The van der Waals surface area contributed by atoms with E-state index >= 15 is 0 Å². The van der Waals surface area contributed by atoms with Crippen LogP contribution in [0.2, 0.25) is 0 Å². The van der Waals surface area contributed by atoms with E-state index in [0.29, 0.717) is 0 Å². The number of alkyl halides is 3. The Labute approximate surface area is 102 Å². The van der Waals surface area contributed by atoms with Gasteiger partial charge in [-0.2, -0.15) is 13.2 Å². The summed E-state index contributed by atoms with van der Waals surface area (Å²) in [4.78, 5) is 0. The summed E-state index contributed by atoms with van der Waals surface area (Å²) in [5.41, 5.74) is 0.824. The predicted octanol–water partition coefficient (Wildman–Crippen LogP) is 2.66. The minimum atomic E-state index is -4.68. The van der Waals surface area contributed by atoms with Gasteiger partial charge in [-0.15, -0.1) is 0 Å². The van der Waals surface area contributed by atoms with E-state index in [1.807, 2.05) is 0 Å². The molecule has 1 aromatic rings. The molecular formula is C9H8BrF5N2. The topological polar surface area (TPSA) is 38.0 Å². The van der Waals surface area contributed by atoms with Gasteiger partial charge in [-0.05, 0) is 28.1 Å². The standard InChI is InChI=1S/C9H8BrF5N2/c10-5-1-2-6(11)4(8(5)12)3-7(17-16)9(13,14)15/h1-2,7,17H,3,16H2. The second-order valence-electron chi connectivity index (χ2n) is 3.29. The SMILES string of the molecule is NNC(Cc1c(F)ccc(Br)c1F)C(F)(F)F. The number of rotatable bonds is 3. The smallest absolute Gasteiger partial charge is 0.271 e. The molecule has 0 saturated heterocycles. The van der Waals surface area contributed by atoms with Gasteiger partial charge in [0.1, 0.15) is 17.7 Å². The van der Waals surface area contributed by atoms with Crippen molar-refractivity contribution in [3.63, 3.8) is 0 Å². The first-order valence-corrected chi connectivity index (χ1v) is 5.22. The Bertz CT molecular complexity index is 407. The fourth-order valence-corrected chi connectivity index (χ4v) is 1.60. The van der Waals surface area contributed by atoms with E-state index in [9.17, 15) is 22.0 Å². The molecule has 0 saturated carbocycles. The molecular weight excluding hydrogens is 311 g/mol. The maximum Gasteiger partial charge on any atom is 0.405 e. The zero-order valence-electron chi connectivity index (χ0n) is 8.28. The fourth-order valence-electron chi connectivity index (χ4n) is 1.23. The maximum atomic E-state index is 13.4. The Morgan fingerprint density at radius 3 is 2.35 bits per heavy atom. The largest absolute Gasteiger partial charge is 0.405 e. The highest BCUT2D eigenvalue weighted by Crippen LogP contribution is 2.27. The first-order valence-electron chi connectivity index (χ1n) is 4.42. The van der Waals surface area contributed by atoms with Gasteiger partial charge in [0.2, 0.25) is 0 Å². The van der Waals surface area contributed by atoms with Crippen LogP contribution >= 0.6 is 15.9 Å². The van der Waals surface area contributed by atoms with Gasteiger partial charge in [-0.3, -0.25) is 5.84 Å². The summed E-state index contributed by atoms with van der Waals surface area (Å²) in [7, 11) is 0. The molecule has 1 rings (SSSR count). The molecule has 0 amide bonds. The summed E-state index contributed by atoms with van der Waals surface area (Å²) < 4.78 is 63.7. The molecule has 1 aromatic carbocycles. The van der Waals surface area contributed by atoms with Crippen molar-refractivity contribution in [3.8, 4) is 0 Å². The van der Waals surface area contributed by atoms with Gasteiger partial charge in [-0.1, -0.05) is 0 Å². The number of halogens is 6. The molecule has 2 nitrogen and oxygen atoms in total. The van der Waals surface area contributed by atoms with Crippen LogP contribution in [0, 0.1) is 11.6 Å². The van der Waals surface area contributed by atoms with Gasteiger partial charge in [-0.25, -0.2) is 14.2 Å². The van der Waals surface area contributed by atoms with E-state index < -0.39 is 35.8 Å². The van der Waals surface area contributed by atoms with E-state index in [4.69, 9.17) is 5.84 Å². The van der Waals surface area contributed by atoms with Gasteiger partial charge in [0, 0.05) is 12.0 Å². The Morgan fingerprint density at radius 2 is 1.88 bits per heavy atom. The number of hydrogen-bond acceptors (Lipinski definition) is 2. The molecule has 0 aromatic heterocycles. The zero-order valence-corrected chi connectivity index (χ0v) is 9.87. The van der Waals surface area contributed by atoms with Crippen molar-refractivity contribution in [1.29, 1.82) is 0 Å². The second kappa shape index (κ2) is 5.28. The van der Waals surface area contributed by atoms with Crippen LogP contribution in [0.3, 0.4) is 0 Å². The highest BCUT2D eigenvalue weighted by atomic mass is 79.9. The Kier molecular flexibility index (Phi) is 4.45. The second-order valence-corrected chi connectivity index (χ2v) is 4.14. The number of hydrogen-bond donors (Lipinski definition) is 2. The molecule has 96 valence electrons. The predicted molar refractivity (Wildman–Crippen MR) is 54.9 cm³/mol. The highest BCUT2D eigenvalue weighted by Gasteiger charge is 2.40. The lowest BCUT2D eigenvalue weighted by Gasteiger charge is -2.19. The number of nitrogens with one attached hydrogen (secondary N) is 1. The van der Waals surface area contributed by atoms with Crippen molar-refractivity contribution >= 4 is 15.9 Å². The Morgan fingerprint density at radius 1 is 1.29 bits per heavy atom. The van der Waals surface area contributed by atoms with Gasteiger partial charge in [0.15, 0.2) is 0 Å². The normalized spacial score (nSPS) is 13.8. The average Bonchev–Trinajstić information content (AvgIpc) is 2.22. The summed E-state index contributed by atoms with van der Waals surface area (Å²) in [6, 6.07) is -0.250. The van der Waals surface area contributed by atoms with E-state index in [-0.39, 0.29) is 4.47 Å². The highest BCUT2D eigenvalue weighted by molar-refractivity contribution is 9.10. The molecule has 0 aliphatic heterocycles. The molecule has 0 fully saturated rings. The summed E-state index contributed by atoms with van der Waals surface area (Å²) >= 11 is 2.77. The Balaban J connectivity index is 3.06. The lowest BCUT2D eigenvalue weighted by atomic mass is 10.0. The minimum absolute atomic E-state index is 0.105. The van der Waals surface area contributed by atoms with Crippen molar-refractivity contribution in [2.24, 2.45) is 5.84 Å². The molecule has 1 atom stereocenters. The molecule has 0 aliphatic rings. The maximum absolute atomic E-state index is 13.4. The molecule has 3 N–H and O–H groups in total. The molecule has 0 spiro atoms. The first-order chi connectivity index (χ1) is 7.77. The van der Waals surface area contributed by atoms with Gasteiger partial charge in [0.05, 0.1) is 4.47 Å². The summed E-state index contributed by atoms with van der Waals surface area (Å²) in [6.45, 7) is 0. The zero-order chi connectivity index (χ0) is 13.2. The average molecular weight is 319 g/mol.